The normalized spacial score (nSPS) is 16.2. The molecule has 0 amide bonds. The molecule has 0 radical (unpaired) electrons. The largest absolute Gasteiger partial charge is 0.452 e. The second-order valence-electron chi connectivity index (χ2n) is 5.99. The molecule has 1 aromatic heterocycles. The highest BCUT2D eigenvalue weighted by Crippen LogP contribution is 2.35. The summed E-state index contributed by atoms with van der Waals surface area (Å²) in [6.45, 7) is 0. The van der Waals surface area contributed by atoms with Crippen LogP contribution < -0.4 is 4.74 Å². The fraction of sp³-hybridized carbons (Fsp3) is 0.316. The van der Waals surface area contributed by atoms with E-state index in [0.29, 0.717) is 11.3 Å². The first kappa shape index (κ1) is 13.4. The minimum atomic E-state index is -0.118. The Labute approximate surface area is 128 Å². The molecule has 0 aliphatic heterocycles. The van der Waals surface area contributed by atoms with Crippen molar-refractivity contribution in [2.75, 3.05) is 0 Å². The Hall–Kier alpha value is -2.29. The molecule has 1 aliphatic rings. The van der Waals surface area contributed by atoms with E-state index >= 15 is 0 Å². The summed E-state index contributed by atoms with van der Waals surface area (Å²) in [4.78, 5) is 12.4. The van der Waals surface area contributed by atoms with Crippen molar-refractivity contribution in [2.24, 2.45) is 5.92 Å². The highest BCUT2D eigenvalue weighted by molar-refractivity contribution is 6.07. The predicted molar refractivity (Wildman–Crippen MR) is 85.9 cm³/mol. The molecular weight excluding hydrogens is 276 g/mol. The number of para-hydroxylation sites is 2. The van der Waals surface area contributed by atoms with E-state index < -0.39 is 0 Å². The van der Waals surface area contributed by atoms with Gasteiger partial charge in [0.05, 0.1) is 5.92 Å². The fourth-order valence-corrected chi connectivity index (χ4v) is 3.33. The lowest BCUT2D eigenvalue weighted by Gasteiger charge is -2.19. The molecule has 3 aromatic rings. The number of benzene rings is 2. The number of rotatable bonds is 2. The van der Waals surface area contributed by atoms with Crippen LogP contribution in [0, 0.1) is 5.92 Å². The van der Waals surface area contributed by atoms with Crippen LogP contribution in [0.2, 0.25) is 0 Å². The van der Waals surface area contributed by atoms with Crippen molar-refractivity contribution < 1.29 is 13.9 Å². The van der Waals surface area contributed by atoms with Crippen molar-refractivity contribution in [2.45, 2.75) is 32.1 Å². The zero-order valence-electron chi connectivity index (χ0n) is 12.4. The van der Waals surface area contributed by atoms with Gasteiger partial charge in [-0.1, -0.05) is 49.6 Å². The molecular formula is C19H18O3. The lowest BCUT2D eigenvalue weighted by Crippen LogP contribution is -2.22. The van der Waals surface area contributed by atoms with Gasteiger partial charge in [-0.2, -0.15) is 0 Å². The summed E-state index contributed by atoms with van der Waals surface area (Å²) >= 11 is 0. The van der Waals surface area contributed by atoms with E-state index in [1.807, 2.05) is 42.5 Å². The molecule has 1 heterocycles. The van der Waals surface area contributed by atoms with E-state index in [4.69, 9.17) is 9.15 Å². The number of hydrogen-bond acceptors (Lipinski definition) is 3. The number of carbonyl (C=O) groups excluding carboxylic acids is 1. The zero-order valence-corrected chi connectivity index (χ0v) is 12.4. The molecule has 22 heavy (non-hydrogen) atoms. The Morgan fingerprint density at radius 2 is 1.73 bits per heavy atom. The number of carbonyl (C=O) groups is 1. The van der Waals surface area contributed by atoms with Gasteiger partial charge in [-0.25, -0.2) is 0 Å². The Balaban J connectivity index is 1.70. The molecule has 1 fully saturated rings. The average molecular weight is 294 g/mol. The molecule has 0 saturated heterocycles. The molecule has 0 bridgehead atoms. The van der Waals surface area contributed by atoms with Crippen molar-refractivity contribution in [1.82, 2.24) is 0 Å². The number of esters is 1. The van der Waals surface area contributed by atoms with Gasteiger partial charge in [0.15, 0.2) is 11.3 Å². The minimum Gasteiger partial charge on any atom is -0.452 e. The second-order valence-corrected chi connectivity index (χ2v) is 5.99. The van der Waals surface area contributed by atoms with Gasteiger partial charge in [0, 0.05) is 10.8 Å². The highest BCUT2D eigenvalue weighted by Gasteiger charge is 2.24. The third-order valence-corrected chi connectivity index (χ3v) is 4.52. The Kier molecular flexibility index (Phi) is 3.34. The SMILES string of the molecule is O=C(Oc1cccc2c1oc1ccccc12)C1CCCCC1. The molecule has 0 unspecified atom stereocenters. The van der Waals surface area contributed by atoms with Crippen LogP contribution in [0.3, 0.4) is 0 Å². The number of furan rings is 1. The van der Waals surface area contributed by atoms with Crippen LogP contribution in [0.4, 0.5) is 0 Å². The maximum atomic E-state index is 12.4. The van der Waals surface area contributed by atoms with Crippen molar-refractivity contribution in [3.63, 3.8) is 0 Å². The molecule has 0 spiro atoms. The van der Waals surface area contributed by atoms with Gasteiger partial charge in [0.25, 0.3) is 0 Å². The summed E-state index contributed by atoms with van der Waals surface area (Å²) in [6.07, 6.45) is 5.34. The molecule has 2 aromatic carbocycles. The maximum absolute atomic E-state index is 12.4. The van der Waals surface area contributed by atoms with Crippen molar-refractivity contribution in [3.8, 4) is 5.75 Å². The summed E-state index contributed by atoms with van der Waals surface area (Å²) in [7, 11) is 0. The molecule has 1 aliphatic carbocycles. The van der Waals surface area contributed by atoms with Gasteiger partial charge < -0.3 is 9.15 Å². The van der Waals surface area contributed by atoms with E-state index in [0.717, 1.165) is 42.0 Å². The van der Waals surface area contributed by atoms with Gasteiger partial charge >= 0.3 is 5.97 Å². The first-order valence-corrected chi connectivity index (χ1v) is 7.95. The zero-order chi connectivity index (χ0) is 14.9. The summed E-state index contributed by atoms with van der Waals surface area (Å²) in [5, 5.41) is 2.04. The van der Waals surface area contributed by atoms with Crippen LogP contribution in [0.1, 0.15) is 32.1 Å². The lowest BCUT2D eigenvalue weighted by molar-refractivity contribution is -0.139. The van der Waals surface area contributed by atoms with Crippen LogP contribution in [0.5, 0.6) is 5.75 Å². The molecule has 4 rings (SSSR count). The smallest absolute Gasteiger partial charge is 0.314 e. The quantitative estimate of drug-likeness (QED) is 0.489. The molecule has 0 N–H and O–H groups in total. The van der Waals surface area contributed by atoms with Crippen molar-refractivity contribution in [3.05, 3.63) is 42.5 Å². The van der Waals surface area contributed by atoms with E-state index in [-0.39, 0.29) is 11.9 Å². The van der Waals surface area contributed by atoms with Crippen LogP contribution >= 0.6 is 0 Å². The monoisotopic (exact) mass is 294 g/mol. The van der Waals surface area contributed by atoms with Gasteiger partial charge in [0.1, 0.15) is 5.58 Å². The molecule has 3 nitrogen and oxygen atoms in total. The average Bonchev–Trinajstić information content (AvgIpc) is 2.95. The van der Waals surface area contributed by atoms with Crippen molar-refractivity contribution in [1.29, 1.82) is 0 Å². The molecule has 1 saturated carbocycles. The second kappa shape index (κ2) is 5.48. The molecule has 112 valence electrons. The highest BCUT2D eigenvalue weighted by atomic mass is 16.5. The van der Waals surface area contributed by atoms with E-state index in [2.05, 4.69) is 0 Å². The lowest BCUT2D eigenvalue weighted by atomic mass is 9.89. The first-order valence-electron chi connectivity index (χ1n) is 7.95. The van der Waals surface area contributed by atoms with Crippen LogP contribution in [0.25, 0.3) is 21.9 Å². The standard InChI is InChI=1S/C19H18O3/c20-19(13-7-2-1-3-8-13)22-17-12-6-10-15-14-9-4-5-11-16(14)21-18(15)17/h4-6,9-13H,1-3,7-8H2. The summed E-state index contributed by atoms with van der Waals surface area (Å²) in [5.41, 5.74) is 1.48. The van der Waals surface area contributed by atoms with Crippen LogP contribution in [0.15, 0.2) is 46.9 Å². The Bertz CT molecular complexity index is 825. The summed E-state index contributed by atoms with van der Waals surface area (Å²) in [6, 6.07) is 13.6. The van der Waals surface area contributed by atoms with Gasteiger partial charge in [-0.15, -0.1) is 0 Å². The van der Waals surface area contributed by atoms with E-state index in [9.17, 15) is 4.79 Å². The maximum Gasteiger partial charge on any atom is 0.314 e. The Morgan fingerprint density at radius 3 is 2.59 bits per heavy atom. The fourth-order valence-electron chi connectivity index (χ4n) is 3.33. The van der Waals surface area contributed by atoms with Gasteiger partial charge in [-0.3, -0.25) is 4.79 Å². The summed E-state index contributed by atoms with van der Waals surface area (Å²) in [5.74, 6) is 0.449. The predicted octanol–water partition coefficient (Wildman–Crippen LogP) is 5.07. The number of ether oxygens (including phenoxy) is 1. The number of fused-ring (bicyclic) bond motifs is 3. The van der Waals surface area contributed by atoms with Crippen molar-refractivity contribution >= 4 is 27.9 Å². The topological polar surface area (TPSA) is 39.4 Å². The van der Waals surface area contributed by atoms with Gasteiger partial charge in [-0.05, 0) is 25.0 Å². The molecule has 3 heteroatoms. The van der Waals surface area contributed by atoms with E-state index in [1.165, 1.54) is 6.42 Å². The molecule has 0 atom stereocenters. The van der Waals surface area contributed by atoms with Gasteiger partial charge in [0.2, 0.25) is 0 Å². The summed E-state index contributed by atoms with van der Waals surface area (Å²) < 4.78 is 11.6. The van der Waals surface area contributed by atoms with E-state index in [1.54, 1.807) is 0 Å². The van der Waals surface area contributed by atoms with Crippen LogP contribution in [-0.4, -0.2) is 5.97 Å². The first-order chi connectivity index (χ1) is 10.8. The third kappa shape index (κ3) is 2.27. The third-order valence-electron chi connectivity index (χ3n) is 4.52. The number of hydrogen-bond donors (Lipinski definition) is 0. The van der Waals surface area contributed by atoms with Crippen LogP contribution in [-0.2, 0) is 4.79 Å². The minimum absolute atomic E-state index is 0.0355. The Morgan fingerprint density at radius 1 is 0.955 bits per heavy atom.